The summed E-state index contributed by atoms with van der Waals surface area (Å²) < 4.78 is 1.09. The van der Waals surface area contributed by atoms with Crippen LogP contribution in [0.3, 0.4) is 0 Å². The molecule has 22 heavy (non-hydrogen) atoms. The summed E-state index contributed by atoms with van der Waals surface area (Å²) >= 11 is 1.53. The lowest BCUT2D eigenvalue weighted by molar-refractivity contribution is -0.132. The van der Waals surface area contributed by atoms with Crippen molar-refractivity contribution in [3.63, 3.8) is 0 Å². The van der Waals surface area contributed by atoms with E-state index >= 15 is 0 Å². The number of fused-ring (bicyclic) bond motifs is 1. The number of amides is 2. The summed E-state index contributed by atoms with van der Waals surface area (Å²) in [7, 11) is 0. The van der Waals surface area contributed by atoms with E-state index in [1.807, 2.05) is 38.1 Å². The molecule has 5 nitrogen and oxygen atoms in total. The molecule has 0 aliphatic heterocycles. The third kappa shape index (κ3) is 4.14. The summed E-state index contributed by atoms with van der Waals surface area (Å²) in [6.45, 7) is 4.82. The normalized spacial score (nSPS) is 11.0. The molecule has 0 spiro atoms. The van der Waals surface area contributed by atoms with Crippen molar-refractivity contribution in [3.05, 3.63) is 35.3 Å². The largest absolute Gasteiger partial charge is 0.355 e. The van der Waals surface area contributed by atoms with Gasteiger partial charge in [-0.1, -0.05) is 12.1 Å². The highest BCUT2D eigenvalue weighted by molar-refractivity contribution is 7.19. The highest BCUT2D eigenvalue weighted by Gasteiger charge is 2.12. The van der Waals surface area contributed by atoms with Crippen LogP contribution in [0.25, 0.3) is 16.3 Å². The zero-order chi connectivity index (χ0) is 15.9. The van der Waals surface area contributed by atoms with Crippen LogP contribution in [0.15, 0.2) is 30.3 Å². The summed E-state index contributed by atoms with van der Waals surface area (Å²) in [5, 5.41) is 3.47. The molecule has 0 saturated carbocycles. The molecular weight excluding hydrogens is 298 g/mol. The molecule has 0 fully saturated rings. The Morgan fingerprint density at radius 3 is 2.77 bits per heavy atom. The number of nitrogens with one attached hydrogen (secondary N) is 1. The minimum Gasteiger partial charge on any atom is -0.355 e. The molecule has 0 aliphatic rings. The van der Waals surface area contributed by atoms with Crippen molar-refractivity contribution >= 4 is 39.4 Å². The molecule has 1 heterocycles. The van der Waals surface area contributed by atoms with Crippen LogP contribution in [-0.4, -0.2) is 41.3 Å². The van der Waals surface area contributed by atoms with Crippen LogP contribution in [0, 0.1) is 0 Å². The molecule has 0 atom stereocenters. The number of rotatable bonds is 6. The molecule has 2 aromatic rings. The van der Waals surface area contributed by atoms with Crippen molar-refractivity contribution in [2.75, 3.05) is 19.6 Å². The lowest BCUT2D eigenvalue weighted by atomic mass is 10.3. The van der Waals surface area contributed by atoms with Crippen molar-refractivity contribution in [2.45, 2.75) is 13.8 Å². The van der Waals surface area contributed by atoms with Crippen LogP contribution in [0.1, 0.15) is 18.9 Å². The van der Waals surface area contributed by atoms with Gasteiger partial charge in [0.05, 0.1) is 16.8 Å². The fourth-order valence-corrected chi connectivity index (χ4v) is 2.85. The number of carbonyl (C=O) groups excluding carboxylic acids is 2. The number of hydrogen-bond acceptors (Lipinski definition) is 4. The summed E-state index contributed by atoms with van der Waals surface area (Å²) in [6, 6.07) is 7.84. The molecule has 1 N–H and O–H groups in total. The van der Waals surface area contributed by atoms with Crippen molar-refractivity contribution in [1.82, 2.24) is 15.2 Å². The molecule has 6 heteroatoms. The van der Waals surface area contributed by atoms with E-state index in [0.717, 1.165) is 15.2 Å². The monoisotopic (exact) mass is 317 g/mol. The van der Waals surface area contributed by atoms with E-state index in [1.165, 1.54) is 22.3 Å². The molecule has 0 bridgehead atoms. The first kappa shape index (κ1) is 16.2. The quantitative estimate of drug-likeness (QED) is 0.832. The lowest BCUT2D eigenvalue weighted by Crippen LogP contribution is -2.39. The molecule has 1 aromatic heterocycles. The number of likely N-dealkylation sites (N-methyl/N-ethyl adjacent to an activating group) is 2. The van der Waals surface area contributed by atoms with Crippen LogP contribution in [0.5, 0.6) is 0 Å². The molecule has 0 aliphatic carbocycles. The maximum absolute atomic E-state index is 12.1. The maximum Gasteiger partial charge on any atom is 0.247 e. The average molecular weight is 317 g/mol. The average Bonchev–Trinajstić information content (AvgIpc) is 2.93. The summed E-state index contributed by atoms with van der Waals surface area (Å²) in [5.41, 5.74) is 0.925. The Hall–Kier alpha value is -2.21. The van der Waals surface area contributed by atoms with Gasteiger partial charge in [-0.3, -0.25) is 9.59 Å². The maximum atomic E-state index is 12.1. The predicted octanol–water partition coefficient (Wildman–Crippen LogP) is 2.29. The van der Waals surface area contributed by atoms with E-state index < -0.39 is 0 Å². The number of aromatic nitrogens is 1. The van der Waals surface area contributed by atoms with Gasteiger partial charge in [0.25, 0.3) is 0 Å². The number of thiazole rings is 1. The van der Waals surface area contributed by atoms with Gasteiger partial charge in [-0.15, -0.1) is 11.3 Å². The lowest BCUT2D eigenvalue weighted by Gasteiger charge is -2.18. The fourth-order valence-electron chi connectivity index (χ4n) is 1.98. The summed E-state index contributed by atoms with van der Waals surface area (Å²) in [6.07, 6.45) is 3.17. The smallest absolute Gasteiger partial charge is 0.247 e. The number of nitrogens with zero attached hydrogens (tertiary/aromatic N) is 2. The first-order valence-electron chi connectivity index (χ1n) is 7.23. The van der Waals surface area contributed by atoms with Gasteiger partial charge in [0, 0.05) is 19.2 Å². The Labute approximate surface area is 133 Å². The second-order valence-corrected chi connectivity index (χ2v) is 5.72. The third-order valence-corrected chi connectivity index (χ3v) is 4.08. The molecule has 2 amide bonds. The molecule has 116 valence electrons. The van der Waals surface area contributed by atoms with Gasteiger partial charge in [0.2, 0.25) is 11.8 Å². The molecule has 0 saturated heterocycles. The molecule has 0 unspecified atom stereocenters. The Bertz CT molecular complexity index is 661. The third-order valence-electron chi connectivity index (χ3n) is 3.08. The van der Waals surface area contributed by atoms with Crippen molar-refractivity contribution < 1.29 is 9.59 Å². The molecular formula is C16H19N3O2S. The van der Waals surface area contributed by atoms with Crippen LogP contribution < -0.4 is 5.32 Å². The van der Waals surface area contributed by atoms with Crippen molar-refractivity contribution in [3.8, 4) is 0 Å². The zero-order valence-corrected chi connectivity index (χ0v) is 13.5. The van der Waals surface area contributed by atoms with E-state index in [-0.39, 0.29) is 18.4 Å². The number of benzene rings is 1. The SMILES string of the molecule is CCNC(=O)CN(CC)C(=O)/C=C/c1nc2ccccc2s1. The Balaban J connectivity index is 2.03. The summed E-state index contributed by atoms with van der Waals surface area (Å²) in [5.74, 6) is -0.334. The van der Waals surface area contributed by atoms with Gasteiger partial charge >= 0.3 is 0 Å². The first-order valence-corrected chi connectivity index (χ1v) is 8.05. The number of hydrogen-bond donors (Lipinski definition) is 1. The minimum atomic E-state index is -0.187. The van der Waals surface area contributed by atoms with Gasteiger partial charge in [-0.2, -0.15) is 0 Å². The van der Waals surface area contributed by atoms with E-state index in [1.54, 1.807) is 6.08 Å². The Morgan fingerprint density at radius 1 is 1.32 bits per heavy atom. The topological polar surface area (TPSA) is 62.3 Å². The number of carbonyl (C=O) groups is 2. The van der Waals surface area contributed by atoms with Crippen molar-refractivity contribution in [1.29, 1.82) is 0 Å². The van der Waals surface area contributed by atoms with Gasteiger partial charge in [-0.05, 0) is 32.1 Å². The molecule has 0 radical (unpaired) electrons. The Kier molecular flexibility index (Phi) is 5.66. The fraction of sp³-hybridized carbons (Fsp3) is 0.312. The van der Waals surface area contributed by atoms with Gasteiger partial charge < -0.3 is 10.2 Å². The van der Waals surface area contributed by atoms with Gasteiger partial charge in [0.1, 0.15) is 5.01 Å². The van der Waals surface area contributed by atoms with E-state index in [2.05, 4.69) is 10.3 Å². The van der Waals surface area contributed by atoms with Crippen molar-refractivity contribution in [2.24, 2.45) is 0 Å². The molecule has 1 aromatic carbocycles. The second-order valence-electron chi connectivity index (χ2n) is 4.66. The summed E-state index contributed by atoms with van der Waals surface area (Å²) in [4.78, 5) is 29.6. The zero-order valence-electron chi connectivity index (χ0n) is 12.7. The second kappa shape index (κ2) is 7.70. The highest BCUT2D eigenvalue weighted by Crippen LogP contribution is 2.22. The minimum absolute atomic E-state index is 0.0767. The van der Waals surface area contributed by atoms with E-state index in [4.69, 9.17) is 0 Å². The van der Waals surface area contributed by atoms with Gasteiger partial charge in [0.15, 0.2) is 0 Å². The number of para-hydroxylation sites is 1. The first-order chi connectivity index (χ1) is 10.6. The van der Waals surface area contributed by atoms with Crippen LogP contribution in [0.4, 0.5) is 0 Å². The van der Waals surface area contributed by atoms with E-state index in [9.17, 15) is 9.59 Å². The van der Waals surface area contributed by atoms with Crippen LogP contribution in [0.2, 0.25) is 0 Å². The highest BCUT2D eigenvalue weighted by atomic mass is 32.1. The van der Waals surface area contributed by atoms with Crippen LogP contribution in [-0.2, 0) is 9.59 Å². The predicted molar refractivity (Wildman–Crippen MR) is 89.6 cm³/mol. The Morgan fingerprint density at radius 2 is 2.09 bits per heavy atom. The standard InChI is InChI=1S/C16H19N3O2S/c1-3-17-14(20)11-19(4-2)16(21)10-9-15-18-12-7-5-6-8-13(12)22-15/h5-10H,3-4,11H2,1-2H3,(H,17,20)/b10-9+. The van der Waals surface area contributed by atoms with Gasteiger partial charge in [-0.25, -0.2) is 4.98 Å². The van der Waals surface area contributed by atoms with E-state index in [0.29, 0.717) is 13.1 Å². The molecule has 2 rings (SSSR count). The van der Waals surface area contributed by atoms with Crippen LogP contribution >= 0.6 is 11.3 Å².